The van der Waals surface area contributed by atoms with Crippen molar-refractivity contribution < 1.29 is 58.2 Å². The Labute approximate surface area is 325 Å². The molecule has 0 aromatic rings. The van der Waals surface area contributed by atoms with Crippen LogP contribution in [0.3, 0.4) is 0 Å². The number of likely N-dealkylation sites (tertiary alicyclic amines) is 1. The second-order valence-electron chi connectivity index (χ2n) is 9.16. The zero-order valence-corrected chi connectivity index (χ0v) is 28.0. The van der Waals surface area contributed by atoms with Crippen LogP contribution < -0.4 is 0 Å². The summed E-state index contributed by atoms with van der Waals surface area (Å²) < 4.78 is 18.9. The molecule has 308 valence electrons. The van der Waals surface area contributed by atoms with E-state index in [0.29, 0.717) is 25.2 Å². The molecule has 1 amide bonds. The molecule has 2 fully saturated rings. The molecular formula is C35H84N2O12Sn+2. The normalized spacial score (nSPS) is 14.8. The number of cyclic esters (lactones) is 2. The smallest absolute Gasteiger partial charge is 0.463 e. The largest absolute Gasteiger partial charge is 2.00 e. The minimum absolute atomic E-state index is 0. The van der Waals surface area contributed by atoms with Crippen molar-refractivity contribution in [2.24, 2.45) is 0 Å². The average Bonchev–Trinajstić information content (AvgIpc) is 3.26. The van der Waals surface area contributed by atoms with E-state index in [4.69, 9.17) is 24.8 Å². The van der Waals surface area contributed by atoms with Crippen molar-refractivity contribution in [3.8, 4) is 0 Å². The van der Waals surface area contributed by atoms with Crippen LogP contribution in [0.25, 0.3) is 0 Å². The van der Waals surface area contributed by atoms with E-state index in [1.165, 1.54) is 20.8 Å². The summed E-state index contributed by atoms with van der Waals surface area (Å²) in [7, 11) is 5.69. The molecule has 3 atom stereocenters. The molecule has 14 nitrogen and oxygen atoms in total. The third-order valence-corrected chi connectivity index (χ3v) is 5.05. The van der Waals surface area contributed by atoms with Gasteiger partial charge in [-0.15, -0.1) is 0 Å². The Hall–Kier alpha value is -2.01. The number of aliphatic hydroxyl groups is 3. The van der Waals surface area contributed by atoms with Gasteiger partial charge in [-0.1, -0.05) is 66.8 Å². The third-order valence-electron chi connectivity index (χ3n) is 5.05. The molecule has 2 radical (unpaired) electrons. The van der Waals surface area contributed by atoms with Gasteiger partial charge in [-0.3, -0.25) is 9.59 Å². The van der Waals surface area contributed by atoms with Gasteiger partial charge in [0.25, 0.3) is 0 Å². The van der Waals surface area contributed by atoms with Crippen molar-refractivity contribution in [2.75, 3.05) is 60.7 Å². The summed E-state index contributed by atoms with van der Waals surface area (Å²) in [6.07, 6.45) is 1.29. The van der Waals surface area contributed by atoms with Gasteiger partial charge >= 0.3 is 47.8 Å². The summed E-state index contributed by atoms with van der Waals surface area (Å²) in [6.45, 7) is 6.48. The molecule has 3 N–H and O–H groups in total. The van der Waals surface area contributed by atoms with Crippen LogP contribution in [-0.2, 0) is 42.9 Å². The van der Waals surface area contributed by atoms with Crippen LogP contribution in [0.1, 0.15) is 126 Å². The molecule has 0 aromatic carbocycles. The third kappa shape index (κ3) is 46.0. The summed E-state index contributed by atoms with van der Waals surface area (Å²) in [4.78, 5) is 58.3. The second-order valence-corrected chi connectivity index (χ2v) is 9.16. The van der Waals surface area contributed by atoms with Crippen LogP contribution in [-0.4, -0.2) is 158 Å². The van der Waals surface area contributed by atoms with Gasteiger partial charge in [0.2, 0.25) is 5.91 Å². The average molecular weight is 844 g/mol. The van der Waals surface area contributed by atoms with Gasteiger partial charge < -0.3 is 44.1 Å². The van der Waals surface area contributed by atoms with Crippen molar-refractivity contribution in [3.63, 3.8) is 0 Å². The number of hydrogen-bond acceptors (Lipinski definition) is 13. The Kier molecular flexibility index (Phi) is 84.0. The fraction of sp³-hybridized carbons (Fsp3) is 0.857. The minimum atomic E-state index is -0.893. The molecule has 50 heavy (non-hydrogen) atoms. The number of hydrogen-bond donors (Lipinski definition) is 3. The summed E-state index contributed by atoms with van der Waals surface area (Å²) in [5.74, 6) is -1.65. The quantitative estimate of drug-likeness (QED) is 0.109. The Morgan fingerprint density at radius 1 is 0.820 bits per heavy atom. The Balaban J connectivity index is -0.0000000393. The second kappa shape index (κ2) is 51.4. The summed E-state index contributed by atoms with van der Waals surface area (Å²) >= 11 is 0. The minimum Gasteiger partial charge on any atom is -0.463 e. The van der Waals surface area contributed by atoms with E-state index in [1.54, 1.807) is 4.90 Å². The standard InChI is InChI=1S/C12H23NO5.C6H8O4.C5H9NO.C3H8O2.9CH4.Sn/c1-10(12(16)17-9-5-8-14)18-11(15)6-4-7-13(2)3;1-3-5(7)10-4(2)6(8)9-3;1-6-4-2-3-5(6)7;4-2-1-3-5;;;;;;;;;;/h10,14H,4-9H2,1-3H3;3-4H,1-2H3;2-4H2,1H3;4-5H,1-3H2;9*1H4;/q;;;;;;;;;;;;;+2. The van der Waals surface area contributed by atoms with E-state index in [0.717, 1.165) is 25.9 Å². The van der Waals surface area contributed by atoms with Crippen molar-refractivity contribution >= 4 is 53.7 Å². The first kappa shape index (κ1) is 81.8. The van der Waals surface area contributed by atoms with E-state index in [-0.39, 0.29) is 124 Å². The molecule has 2 heterocycles. The number of aliphatic hydroxyl groups excluding tert-OH is 3. The fourth-order valence-electron chi connectivity index (χ4n) is 2.69. The van der Waals surface area contributed by atoms with E-state index in [1.807, 2.05) is 26.0 Å². The molecule has 3 unspecified atom stereocenters. The molecule has 2 rings (SSSR count). The summed E-state index contributed by atoms with van der Waals surface area (Å²) in [5.41, 5.74) is 0. The zero-order chi connectivity index (χ0) is 31.1. The number of nitrogens with zero attached hydrogens (tertiary/aromatic N) is 2. The molecule has 2 aliphatic rings. The molecule has 0 bridgehead atoms. The number of rotatable bonds is 11. The van der Waals surface area contributed by atoms with Gasteiger partial charge in [0, 0.05) is 52.7 Å². The van der Waals surface area contributed by atoms with Crippen LogP contribution in [0, 0.1) is 0 Å². The van der Waals surface area contributed by atoms with Gasteiger partial charge in [-0.2, -0.15) is 0 Å². The van der Waals surface area contributed by atoms with Crippen LogP contribution >= 0.6 is 0 Å². The van der Waals surface area contributed by atoms with Gasteiger partial charge in [0.05, 0.1) is 6.61 Å². The van der Waals surface area contributed by atoms with E-state index < -0.39 is 42.2 Å². The zero-order valence-electron chi connectivity index (χ0n) is 25.1. The summed E-state index contributed by atoms with van der Waals surface area (Å²) in [6, 6.07) is 0. The fourth-order valence-corrected chi connectivity index (χ4v) is 2.69. The number of amides is 1. The van der Waals surface area contributed by atoms with E-state index in [9.17, 15) is 24.0 Å². The molecule has 0 aromatic heterocycles. The van der Waals surface area contributed by atoms with Crippen molar-refractivity contribution in [1.29, 1.82) is 0 Å². The number of esters is 4. The van der Waals surface area contributed by atoms with Crippen LogP contribution in [0.4, 0.5) is 0 Å². The van der Waals surface area contributed by atoms with Crippen LogP contribution in [0.5, 0.6) is 0 Å². The first-order valence-electron chi connectivity index (χ1n) is 13.3. The maximum absolute atomic E-state index is 11.4. The summed E-state index contributed by atoms with van der Waals surface area (Å²) in [5, 5.41) is 24.3. The Morgan fingerprint density at radius 2 is 1.24 bits per heavy atom. The van der Waals surface area contributed by atoms with Gasteiger partial charge in [-0.05, 0) is 60.7 Å². The molecule has 15 heteroatoms. The molecule has 0 spiro atoms. The van der Waals surface area contributed by atoms with Crippen molar-refractivity contribution in [2.45, 2.75) is 144 Å². The topological polar surface area (TPSA) is 189 Å². The first-order chi connectivity index (χ1) is 18.8. The molecule has 0 aliphatic carbocycles. The van der Waals surface area contributed by atoms with Crippen LogP contribution in [0.2, 0.25) is 0 Å². The van der Waals surface area contributed by atoms with Crippen molar-refractivity contribution in [1.82, 2.24) is 9.80 Å². The predicted octanol–water partition coefficient (Wildman–Crippen LogP) is 4.99. The molecule has 2 saturated heterocycles. The monoisotopic (exact) mass is 845 g/mol. The predicted molar refractivity (Wildman–Crippen MR) is 209 cm³/mol. The number of ether oxygens (including phenoxy) is 4. The van der Waals surface area contributed by atoms with Gasteiger partial charge in [-0.25, -0.2) is 14.4 Å². The number of carbonyl (C=O) groups excluding carboxylic acids is 5. The van der Waals surface area contributed by atoms with Gasteiger partial charge in [0.1, 0.15) is 0 Å². The maximum Gasteiger partial charge on any atom is 2.00 e. The Morgan fingerprint density at radius 3 is 1.52 bits per heavy atom. The number of carbonyl (C=O) groups is 5. The van der Waals surface area contributed by atoms with Crippen LogP contribution in [0.15, 0.2) is 0 Å². The molecule has 0 saturated carbocycles. The molecular weight excluding hydrogens is 759 g/mol. The van der Waals surface area contributed by atoms with Crippen molar-refractivity contribution in [3.05, 3.63) is 0 Å². The first-order valence-corrected chi connectivity index (χ1v) is 13.3. The Bertz CT molecular complexity index is 737. The SMILES string of the molecule is C.C.C.C.C.C.C.C.C.CC(OC(=O)CCCN(C)C)C(=O)OCCCO.CC1OC(=O)C(C)OC1=O.CN1CCCC1=O.OCCCO.[Sn+2]. The molecule has 2 aliphatic heterocycles. The van der Waals surface area contributed by atoms with E-state index >= 15 is 0 Å². The van der Waals surface area contributed by atoms with E-state index in [2.05, 4.69) is 9.47 Å². The van der Waals surface area contributed by atoms with Gasteiger partial charge in [0.15, 0.2) is 18.3 Å². The maximum atomic E-state index is 11.4.